The molecule has 8 aromatic rings. The van der Waals surface area contributed by atoms with Crippen molar-refractivity contribution in [2.24, 2.45) is 5.73 Å². The van der Waals surface area contributed by atoms with Crippen LogP contribution in [-0.2, 0) is 9.47 Å². The SMILES string of the molecule is CC(C)(C)OC(=O)NC1CC(O)C1.CC(C)(C)OC(=O)NC1CC(Oc2nccnc2Cl)C1.Cl.Clc1nc2ccccc2s1.Clc1nccnc1Cl.Clc1nccnc1OC1CC(Nc2nc3ccccc3s2)C1.NC1CC(Oc2nccnc2Cl)C1. The lowest BCUT2D eigenvalue weighted by Gasteiger charge is -2.35. The molecule has 0 radical (unpaired) electrons. The fourth-order valence-corrected chi connectivity index (χ4v) is 10.4. The number of anilines is 1. The molecule has 31 heteroatoms. The number of aliphatic hydroxyl groups is 1. The van der Waals surface area contributed by atoms with Crippen LogP contribution in [0.15, 0.2) is 98.1 Å². The summed E-state index contributed by atoms with van der Waals surface area (Å²) in [6, 6.07) is 16.8. The number of carbonyl (C=O) groups excluding carboxylic acids is 2. The highest BCUT2D eigenvalue weighted by molar-refractivity contribution is 7.22. The minimum atomic E-state index is -0.489. The molecule has 4 fully saturated rings. The van der Waals surface area contributed by atoms with Gasteiger partial charge in [0.15, 0.2) is 35.4 Å². The van der Waals surface area contributed by atoms with Crippen LogP contribution < -0.4 is 35.9 Å². The molecule has 0 unspecified atom stereocenters. The molecule has 0 aliphatic heterocycles. The normalized spacial score (nSPS) is 20.4. The highest BCUT2D eigenvalue weighted by Gasteiger charge is 2.35. The standard InChI is InChI=1S/C15H13ClN4OS.C13H18ClN3O3.C9H17NO3.C8H10ClN3O.C7H4ClNS.C4H2Cl2N2.ClH/c16-13-14(18-6-5-17-13)21-10-7-9(8-10)19-15-20-11-3-1-2-4-12(11)22-15;1-13(2,3)20-12(18)17-8-6-9(7-8)19-11-10(14)15-4-5-16-11;1-9(2,3)13-8(12)10-6-4-7(11)5-6;9-7-8(12-2-1-11-7)13-6-3-5(10)4-6;8-7-9-5-3-1-2-4-6(5)10-7;5-3-4(6)8-2-1-7-3;/h1-6,9-10H,7-8H2,(H,19,20);4-5,8-9H,6-7H2,1-3H3,(H,17,18);6-7,11H,4-5H2,1-3H3,(H,10,12);1-2,5-6H,3-4,10H2;1-4H;1-2H;1H. The zero-order valence-electron chi connectivity index (χ0n) is 47.9. The minimum absolute atomic E-state index is 0. The molecule has 2 amide bonds. The van der Waals surface area contributed by atoms with Crippen molar-refractivity contribution in [1.82, 2.24) is 60.5 Å². The molecule has 2 aromatic carbocycles. The van der Waals surface area contributed by atoms with Gasteiger partial charge in [-0.3, -0.25) is 0 Å². The van der Waals surface area contributed by atoms with E-state index in [9.17, 15) is 9.59 Å². The van der Waals surface area contributed by atoms with E-state index >= 15 is 0 Å². The number of carbonyl (C=O) groups is 2. The maximum absolute atomic E-state index is 11.6. The van der Waals surface area contributed by atoms with E-state index in [2.05, 4.69) is 71.9 Å². The highest BCUT2D eigenvalue weighted by Crippen LogP contribution is 2.34. The number of alkyl carbamates (subject to hydrolysis) is 2. The van der Waals surface area contributed by atoms with Crippen LogP contribution in [0.2, 0.25) is 30.2 Å². The van der Waals surface area contributed by atoms with E-state index in [-0.39, 0.29) is 70.4 Å². The molecule has 4 aliphatic carbocycles. The summed E-state index contributed by atoms with van der Waals surface area (Å²) in [5.41, 5.74) is 6.69. The van der Waals surface area contributed by atoms with Crippen molar-refractivity contribution in [2.45, 2.75) is 153 Å². The van der Waals surface area contributed by atoms with E-state index in [1.807, 2.05) is 84.0 Å². The van der Waals surface area contributed by atoms with Gasteiger partial charge in [-0.1, -0.05) is 105 Å². The topological polar surface area (TPSA) is 292 Å². The molecule has 0 bridgehead atoms. The maximum atomic E-state index is 11.6. The van der Waals surface area contributed by atoms with E-state index in [4.69, 9.17) is 104 Å². The number of aliphatic hydroxyl groups excluding tert-OH is 1. The first-order valence-electron chi connectivity index (χ1n) is 27.0. The second kappa shape index (κ2) is 33.7. The number of ether oxygens (including phenoxy) is 5. The van der Waals surface area contributed by atoms with Crippen molar-refractivity contribution >= 4 is 142 Å². The van der Waals surface area contributed by atoms with Gasteiger partial charge in [0.25, 0.3) is 17.6 Å². The summed E-state index contributed by atoms with van der Waals surface area (Å²) in [5.74, 6) is 1.14. The predicted octanol–water partition coefficient (Wildman–Crippen LogP) is 13.5. The van der Waals surface area contributed by atoms with Gasteiger partial charge in [0.05, 0.1) is 26.5 Å². The lowest BCUT2D eigenvalue weighted by atomic mass is 9.89. The van der Waals surface area contributed by atoms with Gasteiger partial charge in [-0.15, -0.1) is 23.7 Å². The van der Waals surface area contributed by atoms with Gasteiger partial charge < -0.3 is 50.5 Å². The number of nitrogens with one attached hydrogen (secondary N) is 3. The third kappa shape index (κ3) is 24.3. The second-order valence-corrected chi connectivity index (χ2v) is 26.0. The van der Waals surface area contributed by atoms with Gasteiger partial charge in [-0.2, -0.15) is 0 Å². The number of hydrogen-bond donors (Lipinski definition) is 5. The number of hydrogen-bond acceptors (Lipinski definition) is 22. The quantitative estimate of drug-likeness (QED) is 0.0850. The van der Waals surface area contributed by atoms with Crippen LogP contribution in [-0.4, -0.2) is 127 Å². The lowest BCUT2D eigenvalue weighted by molar-refractivity contribution is 0.0300. The molecule has 0 saturated heterocycles. The van der Waals surface area contributed by atoms with Gasteiger partial charge in [0.1, 0.15) is 29.5 Å². The summed E-state index contributed by atoms with van der Waals surface area (Å²) in [5, 5.41) is 20.2. The van der Waals surface area contributed by atoms with E-state index in [0.717, 1.165) is 46.5 Å². The van der Waals surface area contributed by atoms with E-state index < -0.39 is 23.4 Å². The number of amides is 2. The molecular weight excluding hydrogens is 1310 g/mol. The van der Waals surface area contributed by atoms with Crippen LogP contribution in [0.3, 0.4) is 0 Å². The summed E-state index contributed by atoms with van der Waals surface area (Å²) in [6.07, 6.45) is 17.6. The number of nitrogens with zero attached hydrogens (tertiary/aromatic N) is 10. The van der Waals surface area contributed by atoms with E-state index in [1.165, 1.54) is 47.0 Å². The molecule has 0 spiro atoms. The Kier molecular flexibility index (Phi) is 27.2. The van der Waals surface area contributed by atoms with Crippen LogP contribution >= 0.6 is 105 Å². The minimum Gasteiger partial charge on any atom is -0.472 e. The van der Waals surface area contributed by atoms with Crippen LogP contribution in [0.1, 0.15) is 92.9 Å². The Morgan fingerprint density at radius 1 is 0.506 bits per heavy atom. The molecule has 12 rings (SSSR count). The molecule has 6 aromatic heterocycles. The van der Waals surface area contributed by atoms with Gasteiger partial charge in [0, 0.05) is 99.4 Å². The Bertz CT molecular complexity index is 3350. The van der Waals surface area contributed by atoms with Crippen molar-refractivity contribution in [3.63, 3.8) is 0 Å². The summed E-state index contributed by atoms with van der Waals surface area (Å²) in [7, 11) is 0. The Balaban J connectivity index is 0.000000172. The maximum Gasteiger partial charge on any atom is 0.407 e. The molecule has 6 N–H and O–H groups in total. The summed E-state index contributed by atoms with van der Waals surface area (Å²) in [6.45, 7) is 11.0. The zero-order valence-corrected chi connectivity index (χ0v) is 54.8. The lowest BCUT2D eigenvalue weighted by Crippen LogP contribution is -2.50. The number of nitrogens with two attached hydrogens (primary N) is 1. The zero-order chi connectivity index (χ0) is 62.0. The fraction of sp³-hybridized carbons (Fsp3) is 0.429. The van der Waals surface area contributed by atoms with Crippen LogP contribution in [0, 0.1) is 0 Å². The number of fused-ring (bicyclic) bond motifs is 2. The van der Waals surface area contributed by atoms with Crippen molar-refractivity contribution in [1.29, 1.82) is 0 Å². The molecule has 468 valence electrons. The van der Waals surface area contributed by atoms with Gasteiger partial charge >= 0.3 is 12.2 Å². The number of para-hydroxylation sites is 2. The molecule has 6 heterocycles. The largest absolute Gasteiger partial charge is 0.472 e. The van der Waals surface area contributed by atoms with Crippen molar-refractivity contribution in [2.75, 3.05) is 5.32 Å². The average Bonchev–Trinajstić information content (AvgIpc) is 3.18. The van der Waals surface area contributed by atoms with E-state index in [1.54, 1.807) is 29.9 Å². The molecular formula is C56H65Cl7N14O8S2. The fourth-order valence-electron chi connectivity index (χ4n) is 7.81. The first-order chi connectivity index (χ1) is 40.9. The molecule has 4 saturated carbocycles. The van der Waals surface area contributed by atoms with Crippen LogP contribution in [0.5, 0.6) is 17.6 Å². The van der Waals surface area contributed by atoms with Crippen LogP contribution in [0.4, 0.5) is 14.7 Å². The Morgan fingerprint density at radius 2 is 0.862 bits per heavy atom. The summed E-state index contributed by atoms with van der Waals surface area (Å²) >= 11 is 37.2. The third-order valence-electron chi connectivity index (χ3n) is 12.1. The molecule has 87 heavy (non-hydrogen) atoms. The summed E-state index contributed by atoms with van der Waals surface area (Å²) < 4.78 is 30.0. The molecule has 0 atom stereocenters. The third-order valence-corrected chi connectivity index (χ3v) is 15.6. The Labute approximate surface area is 547 Å². The number of halogens is 7. The van der Waals surface area contributed by atoms with Crippen molar-refractivity contribution in [3.8, 4) is 17.6 Å². The molecule has 22 nitrogen and oxygen atoms in total. The first-order valence-corrected chi connectivity index (χ1v) is 30.9. The van der Waals surface area contributed by atoms with Crippen molar-refractivity contribution in [3.05, 3.63) is 128 Å². The number of thiazole rings is 2. The number of benzene rings is 2. The predicted molar refractivity (Wildman–Crippen MR) is 343 cm³/mol. The number of aromatic nitrogens is 10. The number of rotatable bonds is 10. The smallest absolute Gasteiger partial charge is 0.407 e. The monoisotopic (exact) mass is 1370 g/mol. The highest BCUT2D eigenvalue weighted by atomic mass is 35.5. The van der Waals surface area contributed by atoms with Crippen molar-refractivity contribution < 1.29 is 38.4 Å². The molecule has 4 aliphatic rings. The van der Waals surface area contributed by atoms with Crippen LogP contribution in [0.25, 0.3) is 20.4 Å². The van der Waals surface area contributed by atoms with Gasteiger partial charge in [-0.05, 0) is 91.5 Å². The van der Waals surface area contributed by atoms with E-state index in [0.29, 0.717) is 64.1 Å². The summed E-state index contributed by atoms with van der Waals surface area (Å²) in [4.78, 5) is 62.5. The van der Waals surface area contributed by atoms with Gasteiger partial charge in [0.2, 0.25) is 0 Å². The second-order valence-electron chi connectivity index (χ2n) is 21.6. The average molecular weight is 1370 g/mol. The Hall–Kier alpha value is -5.77. The van der Waals surface area contributed by atoms with Gasteiger partial charge in [-0.25, -0.2) is 59.4 Å². The first kappa shape index (κ1) is 70.3. The Morgan fingerprint density at radius 3 is 1.23 bits per heavy atom.